The van der Waals surface area contributed by atoms with Crippen LogP contribution in [-0.2, 0) is 6.54 Å². The Balaban J connectivity index is 2.13. The van der Waals surface area contributed by atoms with Gasteiger partial charge < -0.3 is 9.88 Å². The standard InChI is InChI=1S/C19H16Cl2N2O2/c1-3-23-10-13(18(24)12-9-11(2)7-8-16(12)23)19(25)22-17-14(20)5-4-6-15(17)21/h4-10H,3H2,1-2H3,(H,22,25). The third-order valence-corrected chi connectivity index (χ3v) is 4.65. The number of carbonyl (C=O) groups excluding carboxylic acids is 1. The van der Waals surface area contributed by atoms with Gasteiger partial charge in [-0.25, -0.2) is 0 Å². The van der Waals surface area contributed by atoms with Crippen molar-refractivity contribution in [1.82, 2.24) is 4.57 Å². The number of hydrogen-bond acceptors (Lipinski definition) is 2. The van der Waals surface area contributed by atoms with Crippen molar-refractivity contribution >= 4 is 45.7 Å². The molecule has 0 saturated heterocycles. The lowest BCUT2D eigenvalue weighted by Crippen LogP contribution is -2.24. The van der Waals surface area contributed by atoms with Crippen LogP contribution in [0.25, 0.3) is 10.9 Å². The summed E-state index contributed by atoms with van der Waals surface area (Å²) in [7, 11) is 0. The molecular formula is C19H16Cl2N2O2. The molecule has 3 aromatic rings. The number of rotatable bonds is 3. The molecule has 0 aliphatic carbocycles. The predicted molar refractivity (Wildman–Crippen MR) is 103 cm³/mol. The summed E-state index contributed by atoms with van der Waals surface area (Å²) >= 11 is 12.2. The predicted octanol–water partition coefficient (Wildman–Crippen LogP) is 4.89. The molecule has 1 aromatic heterocycles. The number of halogens is 2. The quantitative estimate of drug-likeness (QED) is 0.709. The Hall–Kier alpha value is -2.30. The molecule has 0 spiro atoms. The van der Waals surface area contributed by atoms with E-state index in [1.807, 2.05) is 30.5 Å². The van der Waals surface area contributed by atoms with Crippen LogP contribution in [0.1, 0.15) is 22.8 Å². The van der Waals surface area contributed by atoms with Crippen molar-refractivity contribution in [3.8, 4) is 0 Å². The molecule has 0 fully saturated rings. The summed E-state index contributed by atoms with van der Waals surface area (Å²) in [6.07, 6.45) is 1.57. The molecule has 0 bridgehead atoms. The van der Waals surface area contributed by atoms with E-state index in [1.165, 1.54) is 0 Å². The van der Waals surface area contributed by atoms with E-state index >= 15 is 0 Å². The van der Waals surface area contributed by atoms with Gasteiger partial charge in [0.05, 0.1) is 21.2 Å². The minimum atomic E-state index is -0.536. The second-order valence-electron chi connectivity index (χ2n) is 5.73. The number of para-hydroxylation sites is 1. The van der Waals surface area contributed by atoms with Crippen molar-refractivity contribution in [3.05, 3.63) is 74.0 Å². The van der Waals surface area contributed by atoms with E-state index in [0.29, 0.717) is 27.7 Å². The van der Waals surface area contributed by atoms with Gasteiger partial charge in [-0.05, 0) is 38.1 Å². The molecule has 0 radical (unpaired) electrons. The number of fused-ring (bicyclic) bond motifs is 1. The molecule has 1 amide bonds. The van der Waals surface area contributed by atoms with E-state index in [9.17, 15) is 9.59 Å². The SMILES string of the molecule is CCn1cc(C(=O)Nc2c(Cl)cccc2Cl)c(=O)c2cc(C)ccc21. The van der Waals surface area contributed by atoms with Crippen LogP contribution in [0.5, 0.6) is 0 Å². The third-order valence-electron chi connectivity index (χ3n) is 4.02. The third kappa shape index (κ3) is 3.28. The van der Waals surface area contributed by atoms with Crippen molar-refractivity contribution in [2.24, 2.45) is 0 Å². The molecule has 6 heteroatoms. The Morgan fingerprint density at radius 1 is 1.16 bits per heavy atom. The lowest BCUT2D eigenvalue weighted by Gasteiger charge is -2.13. The molecule has 0 unspecified atom stereocenters. The fraction of sp³-hybridized carbons (Fsp3) is 0.158. The Morgan fingerprint density at radius 2 is 1.84 bits per heavy atom. The van der Waals surface area contributed by atoms with E-state index in [1.54, 1.807) is 30.5 Å². The van der Waals surface area contributed by atoms with E-state index in [2.05, 4.69) is 5.32 Å². The smallest absolute Gasteiger partial charge is 0.261 e. The van der Waals surface area contributed by atoms with Crippen molar-refractivity contribution in [3.63, 3.8) is 0 Å². The fourth-order valence-electron chi connectivity index (χ4n) is 2.73. The molecule has 4 nitrogen and oxygen atoms in total. The van der Waals surface area contributed by atoms with E-state index in [4.69, 9.17) is 23.2 Å². The average Bonchev–Trinajstić information content (AvgIpc) is 2.59. The van der Waals surface area contributed by atoms with Crippen LogP contribution in [0.4, 0.5) is 5.69 Å². The average molecular weight is 375 g/mol. The summed E-state index contributed by atoms with van der Waals surface area (Å²) in [6, 6.07) is 10.6. The van der Waals surface area contributed by atoms with Crippen molar-refractivity contribution in [2.45, 2.75) is 20.4 Å². The van der Waals surface area contributed by atoms with E-state index in [0.717, 1.165) is 11.1 Å². The van der Waals surface area contributed by atoms with Crippen LogP contribution in [0, 0.1) is 6.92 Å². The number of nitrogens with zero attached hydrogens (tertiary/aromatic N) is 1. The molecule has 1 heterocycles. The highest BCUT2D eigenvalue weighted by Gasteiger charge is 2.17. The van der Waals surface area contributed by atoms with Gasteiger partial charge in [-0.2, -0.15) is 0 Å². The topological polar surface area (TPSA) is 51.1 Å². The zero-order valence-corrected chi connectivity index (χ0v) is 15.3. The second-order valence-corrected chi connectivity index (χ2v) is 6.54. The zero-order chi connectivity index (χ0) is 18.1. The molecule has 128 valence electrons. The van der Waals surface area contributed by atoms with Crippen LogP contribution < -0.4 is 10.7 Å². The van der Waals surface area contributed by atoms with Crippen molar-refractivity contribution in [1.29, 1.82) is 0 Å². The first-order valence-corrected chi connectivity index (χ1v) is 8.57. The normalized spacial score (nSPS) is 10.9. The van der Waals surface area contributed by atoms with Gasteiger partial charge in [-0.3, -0.25) is 9.59 Å². The summed E-state index contributed by atoms with van der Waals surface area (Å²) in [6.45, 7) is 4.49. The second kappa shape index (κ2) is 6.90. The molecular weight excluding hydrogens is 359 g/mol. The molecule has 0 aliphatic heterocycles. The highest BCUT2D eigenvalue weighted by Crippen LogP contribution is 2.30. The van der Waals surface area contributed by atoms with Gasteiger partial charge in [-0.15, -0.1) is 0 Å². The van der Waals surface area contributed by atoms with Gasteiger partial charge in [-0.1, -0.05) is 40.9 Å². The number of aromatic nitrogens is 1. The number of carbonyl (C=O) groups is 1. The van der Waals surface area contributed by atoms with E-state index in [-0.39, 0.29) is 11.0 Å². The molecule has 0 atom stereocenters. The minimum absolute atomic E-state index is 0.0518. The molecule has 25 heavy (non-hydrogen) atoms. The van der Waals surface area contributed by atoms with Gasteiger partial charge in [0.1, 0.15) is 5.56 Å². The first-order chi connectivity index (χ1) is 11.9. The Bertz CT molecular complexity index is 1020. The number of hydrogen-bond donors (Lipinski definition) is 1. The summed E-state index contributed by atoms with van der Waals surface area (Å²) in [5, 5.41) is 3.79. The van der Waals surface area contributed by atoms with Crippen LogP contribution in [0.2, 0.25) is 10.0 Å². The highest BCUT2D eigenvalue weighted by molar-refractivity contribution is 6.40. The summed E-state index contributed by atoms with van der Waals surface area (Å²) < 4.78 is 1.87. The number of aryl methyl sites for hydroxylation is 2. The number of amides is 1. The number of nitrogens with one attached hydrogen (secondary N) is 1. The van der Waals surface area contributed by atoms with Crippen LogP contribution in [0.3, 0.4) is 0 Å². The summed E-state index contributed by atoms with van der Waals surface area (Å²) in [4.78, 5) is 25.5. The van der Waals surface area contributed by atoms with Crippen molar-refractivity contribution < 1.29 is 4.79 Å². The molecule has 3 rings (SSSR count). The Kier molecular flexibility index (Phi) is 4.84. The number of pyridine rings is 1. The maximum atomic E-state index is 12.8. The van der Waals surface area contributed by atoms with Gasteiger partial charge in [0.2, 0.25) is 5.43 Å². The first-order valence-electron chi connectivity index (χ1n) is 7.81. The summed E-state index contributed by atoms with van der Waals surface area (Å²) in [5.74, 6) is -0.536. The van der Waals surface area contributed by atoms with Gasteiger partial charge in [0.15, 0.2) is 0 Å². The molecule has 0 saturated carbocycles. The minimum Gasteiger partial charge on any atom is -0.347 e. The summed E-state index contributed by atoms with van der Waals surface area (Å²) in [5.41, 5.74) is 1.78. The first kappa shape index (κ1) is 17.5. The van der Waals surface area contributed by atoms with Gasteiger partial charge in [0.25, 0.3) is 5.91 Å². The highest BCUT2D eigenvalue weighted by atomic mass is 35.5. The maximum absolute atomic E-state index is 12.8. The van der Waals surface area contributed by atoms with Gasteiger partial charge in [0, 0.05) is 18.1 Å². The van der Waals surface area contributed by atoms with Crippen molar-refractivity contribution in [2.75, 3.05) is 5.32 Å². The maximum Gasteiger partial charge on any atom is 0.261 e. The van der Waals surface area contributed by atoms with Crippen LogP contribution in [-0.4, -0.2) is 10.5 Å². The fourth-order valence-corrected chi connectivity index (χ4v) is 3.22. The van der Waals surface area contributed by atoms with Crippen LogP contribution in [0.15, 0.2) is 47.4 Å². The molecule has 0 aliphatic rings. The molecule has 1 N–H and O–H groups in total. The molecule has 2 aromatic carbocycles. The lowest BCUT2D eigenvalue weighted by molar-refractivity contribution is 0.102. The zero-order valence-electron chi connectivity index (χ0n) is 13.8. The monoisotopic (exact) mass is 374 g/mol. The van der Waals surface area contributed by atoms with E-state index < -0.39 is 5.91 Å². The Labute approximate surface area is 155 Å². The largest absolute Gasteiger partial charge is 0.347 e. The lowest BCUT2D eigenvalue weighted by atomic mass is 10.1. The number of anilines is 1. The number of benzene rings is 2. The van der Waals surface area contributed by atoms with Gasteiger partial charge >= 0.3 is 0 Å². The Morgan fingerprint density at radius 3 is 2.48 bits per heavy atom. The van der Waals surface area contributed by atoms with Crippen LogP contribution >= 0.6 is 23.2 Å².